The van der Waals surface area contributed by atoms with Gasteiger partial charge in [0.2, 0.25) is 5.91 Å². The van der Waals surface area contributed by atoms with Gasteiger partial charge in [0.1, 0.15) is 5.82 Å². The predicted octanol–water partition coefficient (Wildman–Crippen LogP) is 2.33. The van der Waals surface area contributed by atoms with Crippen LogP contribution in [0.5, 0.6) is 0 Å². The van der Waals surface area contributed by atoms with Crippen molar-refractivity contribution in [1.29, 1.82) is 5.26 Å². The Morgan fingerprint density at radius 3 is 3.05 bits per heavy atom. The van der Waals surface area contributed by atoms with Crippen LogP contribution < -0.4 is 10.6 Å². The number of amides is 1. The summed E-state index contributed by atoms with van der Waals surface area (Å²) in [5.41, 5.74) is 0.958. The van der Waals surface area contributed by atoms with Crippen LogP contribution >= 0.6 is 0 Å². The molecular formula is C15H18FN3O. The first-order valence-corrected chi connectivity index (χ1v) is 6.81. The van der Waals surface area contributed by atoms with Crippen molar-refractivity contribution in [2.45, 2.75) is 26.2 Å². The molecule has 1 heterocycles. The van der Waals surface area contributed by atoms with E-state index in [-0.39, 0.29) is 11.5 Å². The van der Waals surface area contributed by atoms with Crippen LogP contribution in [-0.2, 0) is 4.79 Å². The Labute approximate surface area is 118 Å². The van der Waals surface area contributed by atoms with Crippen molar-refractivity contribution in [2.75, 3.05) is 18.4 Å². The maximum absolute atomic E-state index is 13.6. The molecule has 106 valence electrons. The van der Waals surface area contributed by atoms with Crippen molar-refractivity contribution >= 4 is 11.6 Å². The van der Waals surface area contributed by atoms with Crippen molar-refractivity contribution in [3.05, 3.63) is 29.1 Å². The van der Waals surface area contributed by atoms with Gasteiger partial charge in [-0.15, -0.1) is 0 Å². The number of hydrogen-bond acceptors (Lipinski definition) is 3. The molecule has 1 aliphatic heterocycles. The number of nitrogens with one attached hydrogen (secondary N) is 2. The van der Waals surface area contributed by atoms with E-state index in [4.69, 9.17) is 5.26 Å². The SMILES string of the molecule is Cc1c(F)cc(C#N)cc1NC(=O)CCC1CCNC1. The maximum Gasteiger partial charge on any atom is 0.224 e. The van der Waals surface area contributed by atoms with Gasteiger partial charge in [-0.05, 0) is 50.9 Å². The molecule has 1 amide bonds. The second-order valence-electron chi connectivity index (χ2n) is 5.19. The van der Waals surface area contributed by atoms with Gasteiger partial charge in [0.05, 0.1) is 11.6 Å². The van der Waals surface area contributed by atoms with Gasteiger partial charge >= 0.3 is 0 Å². The van der Waals surface area contributed by atoms with E-state index in [0.717, 1.165) is 25.9 Å². The van der Waals surface area contributed by atoms with E-state index in [2.05, 4.69) is 10.6 Å². The van der Waals surface area contributed by atoms with Gasteiger partial charge in [-0.1, -0.05) is 0 Å². The molecule has 0 saturated carbocycles. The second-order valence-corrected chi connectivity index (χ2v) is 5.19. The smallest absolute Gasteiger partial charge is 0.224 e. The van der Waals surface area contributed by atoms with Crippen molar-refractivity contribution in [3.8, 4) is 6.07 Å². The normalized spacial score (nSPS) is 17.8. The molecule has 5 heteroatoms. The van der Waals surface area contributed by atoms with Crippen LogP contribution in [-0.4, -0.2) is 19.0 Å². The first-order chi connectivity index (χ1) is 9.60. The Bertz CT molecular complexity index is 545. The number of benzene rings is 1. The highest BCUT2D eigenvalue weighted by atomic mass is 19.1. The van der Waals surface area contributed by atoms with Crippen LogP contribution in [0.4, 0.5) is 10.1 Å². The van der Waals surface area contributed by atoms with E-state index in [1.165, 1.54) is 12.1 Å². The number of carbonyl (C=O) groups excluding carboxylic acids is 1. The summed E-state index contributed by atoms with van der Waals surface area (Å²) in [6.45, 7) is 3.57. The molecule has 2 rings (SSSR count). The molecule has 0 aromatic heterocycles. The Morgan fingerprint density at radius 2 is 2.40 bits per heavy atom. The molecule has 0 aliphatic carbocycles. The maximum atomic E-state index is 13.6. The third-order valence-electron chi connectivity index (χ3n) is 3.69. The topological polar surface area (TPSA) is 64.9 Å². The second kappa shape index (κ2) is 6.49. The van der Waals surface area contributed by atoms with Crippen LogP contribution in [0, 0.1) is 30.0 Å². The van der Waals surface area contributed by atoms with Crippen molar-refractivity contribution < 1.29 is 9.18 Å². The van der Waals surface area contributed by atoms with E-state index in [0.29, 0.717) is 23.6 Å². The summed E-state index contributed by atoms with van der Waals surface area (Å²) in [6, 6.07) is 4.57. The average molecular weight is 275 g/mol. The first-order valence-electron chi connectivity index (χ1n) is 6.81. The summed E-state index contributed by atoms with van der Waals surface area (Å²) < 4.78 is 13.6. The summed E-state index contributed by atoms with van der Waals surface area (Å²) in [5, 5.41) is 14.8. The highest BCUT2D eigenvalue weighted by molar-refractivity contribution is 5.91. The zero-order valence-electron chi connectivity index (χ0n) is 11.5. The summed E-state index contributed by atoms with van der Waals surface area (Å²) in [5.74, 6) is -0.0575. The molecule has 4 nitrogen and oxygen atoms in total. The lowest BCUT2D eigenvalue weighted by Gasteiger charge is -2.11. The number of halogens is 1. The molecule has 1 fully saturated rings. The first kappa shape index (κ1) is 14.5. The highest BCUT2D eigenvalue weighted by Crippen LogP contribution is 2.21. The van der Waals surface area contributed by atoms with Gasteiger partial charge in [0.15, 0.2) is 0 Å². The summed E-state index contributed by atoms with van der Waals surface area (Å²) in [6.07, 6.45) is 2.35. The summed E-state index contributed by atoms with van der Waals surface area (Å²) in [4.78, 5) is 11.9. The fourth-order valence-corrected chi connectivity index (χ4v) is 2.38. The molecule has 2 N–H and O–H groups in total. The molecule has 0 radical (unpaired) electrons. The fourth-order valence-electron chi connectivity index (χ4n) is 2.38. The predicted molar refractivity (Wildman–Crippen MR) is 74.7 cm³/mol. The number of hydrogen-bond donors (Lipinski definition) is 2. The Morgan fingerprint density at radius 1 is 1.60 bits per heavy atom. The minimum Gasteiger partial charge on any atom is -0.326 e. The van der Waals surface area contributed by atoms with Gasteiger partial charge in [-0.3, -0.25) is 4.79 Å². The highest BCUT2D eigenvalue weighted by Gasteiger charge is 2.16. The zero-order valence-corrected chi connectivity index (χ0v) is 11.5. The summed E-state index contributed by atoms with van der Waals surface area (Å²) >= 11 is 0. The molecule has 1 atom stereocenters. The van der Waals surface area contributed by atoms with E-state index < -0.39 is 5.82 Å². The third-order valence-corrected chi connectivity index (χ3v) is 3.69. The lowest BCUT2D eigenvalue weighted by Crippen LogP contribution is -2.16. The molecule has 1 unspecified atom stereocenters. The lowest BCUT2D eigenvalue weighted by atomic mass is 10.0. The number of anilines is 1. The molecular weight excluding hydrogens is 257 g/mol. The van der Waals surface area contributed by atoms with Gasteiger partial charge in [0.25, 0.3) is 0 Å². The van der Waals surface area contributed by atoms with E-state index >= 15 is 0 Å². The minimum absolute atomic E-state index is 0.130. The zero-order chi connectivity index (χ0) is 14.5. The lowest BCUT2D eigenvalue weighted by molar-refractivity contribution is -0.116. The summed E-state index contributed by atoms with van der Waals surface area (Å²) in [7, 11) is 0. The van der Waals surface area contributed by atoms with E-state index in [9.17, 15) is 9.18 Å². The van der Waals surface area contributed by atoms with Gasteiger partial charge in [0, 0.05) is 17.7 Å². The minimum atomic E-state index is -0.473. The molecule has 1 aromatic rings. The van der Waals surface area contributed by atoms with E-state index in [1.54, 1.807) is 6.92 Å². The number of rotatable bonds is 4. The monoisotopic (exact) mass is 275 g/mol. The van der Waals surface area contributed by atoms with Crippen LogP contribution in [0.25, 0.3) is 0 Å². The van der Waals surface area contributed by atoms with Crippen LogP contribution in [0.1, 0.15) is 30.4 Å². The molecule has 1 aromatic carbocycles. The molecule has 20 heavy (non-hydrogen) atoms. The molecule has 1 saturated heterocycles. The number of nitrogens with zero attached hydrogens (tertiary/aromatic N) is 1. The fraction of sp³-hybridized carbons (Fsp3) is 0.467. The molecule has 0 bridgehead atoms. The average Bonchev–Trinajstić information content (AvgIpc) is 2.94. The largest absolute Gasteiger partial charge is 0.326 e. The number of nitriles is 1. The quantitative estimate of drug-likeness (QED) is 0.886. The van der Waals surface area contributed by atoms with Crippen LogP contribution in [0.2, 0.25) is 0 Å². The van der Waals surface area contributed by atoms with E-state index in [1.807, 2.05) is 6.07 Å². The number of carbonyl (C=O) groups is 1. The molecule has 0 spiro atoms. The third kappa shape index (κ3) is 3.55. The van der Waals surface area contributed by atoms with Gasteiger partial charge in [-0.2, -0.15) is 5.26 Å². The Balaban J connectivity index is 1.96. The Kier molecular flexibility index (Phi) is 4.70. The van der Waals surface area contributed by atoms with Crippen LogP contribution in [0.3, 0.4) is 0 Å². The molecule has 1 aliphatic rings. The standard InChI is InChI=1S/C15H18FN3O/c1-10-13(16)6-12(8-17)7-14(10)19-15(20)3-2-11-4-5-18-9-11/h6-7,11,18H,2-5,9H2,1H3,(H,19,20). The van der Waals surface area contributed by atoms with Gasteiger partial charge < -0.3 is 10.6 Å². The van der Waals surface area contributed by atoms with Crippen molar-refractivity contribution in [2.24, 2.45) is 5.92 Å². The van der Waals surface area contributed by atoms with Crippen molar-refractivity contribution in [1.82, 2.24) is 5.32 Å². The van der Waals surface area contributed by atoms with Crippen LogP contribution in [0.15, 0.2) is 12.1 Å². The van der Waals surface area contributed by atoms with Gasteiger partial charge in [-0.25, -0.2) is 4.39 Å². The Hall–Kier alpha value is -1.93. The van der Waals surface area contributed by atoms with Crippen molar-refractivity contribution in [3.63, 3.8) is 0 Å².